The van der Waals surface area contributed by atoms with E-state index in [1.165, 1.54) is 59.5 Å². The lowest BCUT2D eigenvalue weighted by atomic mass is 9.85. The number of nitrogens with zero attached hydrogens (tertiary/aromatic N) is 2. The molecule has 186 valence electrons. The average Bonchev–Trinajstić information content (AvgIpc) is 3.18. The van der Waals surface area contributed by atoms with Gasteiger partial charge in [-0.15, -0.1) is 0 Å². The highest BCUT2D eigenvalue weighted by Crippen LogP contribution is 2.46. The van der Waals surface area contributed by atoms with Crippen LogP contribution in [-0.2, 0) is 19.3 Å². The minimum Gasteiger partial charge on any atom is -0.341 e. The van der Waals surface area contributed by atoms with Gasteiger partial charge in [-0.2, -0.15) is 0 Å². The van der Waals surface area contributed by atoms with E-state index >= 15 is 0 Å². The molecule has 1 N–H and O–H groups in total. The van der Waals surface area contributed by atoms with E-state index in [4.69, 9.17) is 0 Å². The van der Waals surface area contributed by atoms with Crippen molar-refractivity contribution in [2.45, 2.75) is 77.2 Å². The fourth-order valence-electron chi connectivity index (χ4n) is 6.36. The van der Waals surface area contributed by atoms with Gasteiger partial charge in [0.2, 0.25) is 0 Å². The van der Waals surface area contributed by atoms with Crippen LogP contribution in [0.5, 0.6) is 0 Å². The molecule has 5 heteroatoms. The quantitative estimate of drug-likeness (QED) is 0.401. The molecular weight excluding hydrogens is 440 g/mol. The Morgan fingerprint density at radius 3 is 2.66 bits per heavy atom. The molecule has 0 saturated heterocycles. The molecule has 0 amide bonds. The van der Waals surface area contributed by atoms with Crippen molar-refractivity contribution in [2.75, 3.05) is 18.0 Å². The van der Waals surface area contributed by atoms with Gasteiger partial charge in [0.1, 0.15) is 5.82 Å². The number of rotatable bonds is 9. The molecule has 0 spiro atoms. The van der Waals surface area contributed by atoms with E-state index < -0.39 is 0 Å². The molecule has 35 heavy (non-hydrogen) atoms. The molecule has 1 aliphatic heterocycles. The first-order valence-corrected chi connectivity index (χ1v) is 13.4. The summed E-state index contributed by atoms with van der Waals surface area (Å²) in [6.45, 7) is 4.03. The van der Waals surface area contributed by atoms with Crippen LogP contribution in [0.3, 0.4) is 0 Å². The van der Waals surface area contributed by atoms with Crippen LogP contribution < -0.4 is 10.2 Å². The molecule has 0 saturated carbocycles. The molecule has 1 aromatic carbocycles. The number of fused-ring (bicyclic) bond motifs is 2. The molecule has 2 unspecified atom stereocenters. The number of hydrogen-bond donors (Lipinski definition) is 1. The molecule has 5 rings (SSSR count). The van der Waals surface area contributed by atoms with E-state index in [0.717, 1.165) is 57.3 Å². The lowest BCUT2D eigenvalue weighted by molar-refractivity contribution is 0.445. The van der Waals surface area contributed by atoms with Gasteiger partial charge in [0.05, 0.1) is 5.83 Å². The maximum absolute atomic E-state index is 14.2. The van der Waals surface area contributed by atoms with Gasteiger partial charge in [-0.3, -0.25) is 4.98 Å². The summed E-state index contributed by atoms with van der Waals surface area (Å²) in [7, 11) is 0. The maximum atomic E-state index is 14.2. The summed E-state index contributed by atoms with van der Waals surface area (Å²) in [6.07, 6.45) is 13.9. The van der Waals surface area contributed by atoms with Gasteiger partial charge < -0.3 is 10.2 Å². The van der Waals surface area contributed by atoms with Gasteiger partial charge in [0, 0.05) is 54.6 Å². The monoisotopic (exact) mass is 477 g/mol. The third-order valence-electron chi connectivity index (χ3n) is 8.01. The number of anilines is 1. The third kappa shape index (κ3) is 5.20. The third-order valence-corrected chi connectivity index (χ3v) is 8.01. The summed E-state index contributed by atoms with van der Waals surface area (Å²) in [4.78, 5) is 6.97. The molecule has 2 aromatic rings. The first-order chi connectivity index (χ1) is 17.2. The minimum atomic E-state index is -0.225. The van der Waals surface area contributed by atoms with Crippen molar-refractivity contribution >= 4 is 5.69 Å². The highest BCUT2D eigenvalue weighted by molar-refractivity contribution is 5.59. The number of aromatic nitrogens is 1. The molecule has 3 nitrogen and oxygen atoms in total. The normalized spacial score (nSPS) is 21.7. The highest BCUT2D eigenvalue weighted by atomic mass is 19.1. The Balaban J connectivity index is 1.22. The summed E-state index contributed by atoms with van der Waals surface area (Å²) in [5.41, 5.74) is 7.92. The van der Waals surface area contributed by atoms with Crippen molar-refractivity contribution in [2.24, 2.45) is 5.92 Å². The highest BCUT2D eigenvalue weighted by Gasteiger charge is 2.41. The number of pyridine rings is 1. The zero-order valence-electron chi connectivity index (χ0n) is 20.8. The fourth-order valence-corrected chi connectivity index (χ4v) is 6.36. The second kappa shape index (κ2) is 11.0. The topological polar surface area (TPSA) is 28.2 Å². The standard InChI is InChI=1S/C30H37F2N3/c1-2-25-27-20-23(32)11-14-29(27)35(24-12-9-22(31)10-13-24)30(25)16-18-33-17-5-6-21-15-19-34-28-8-4-3-7-26(21)28/h9-10,12-13,15,19-20,27,29,33H,2-8,11,14,16-18H2,1H3. The van der Waals surface area contributed by atoms with Gasteiger partial charge in [0.15, 0.2) is 0 Å². The predicted molar refractivity (Wildman–Crippen MR) is 139 cm³/mol. The summed E-state index contributed by atoms with van der Waals surface area (Å²) in [5.74, 6) is -0.0990. The average molecular weight is 478 g/mol. The zero-order chi connectivity index (χ0) is 24.2. The Labute approximate surface area is 208 Å². The predicted octanol–water partition coefficient (Wildman–Crippen LogP) is 6.83. The van der Waals surface area contributed by atoms with Crippen molar-refractivity contribution in [3.63, 3.8) is 0 Å². The Morgan fingerprint density at radius 2 is 1.83 bits per heavy atom. The molecule has 1 aromatic heterocycles. The van der Waals surface area contributed by atoms with Crippen LogP contribution in [0.2, 0.25) is 0 Å². The first-order valence-electron chi connectivity index (χ1n) is 13.4. The zero-order valence-corrected chi connectivity index (χ0v) is 20.8. The van der Waals surface area contributed by atoms with E-state index in [-0.39, 0.29) is 23.6 Å². The van der Waals surface area contributed by atoms with E-state index in [1.54, 1.807) is 0 Å². The SMILES string of the molecule is CCC1=C(CCNCCCc2ccnc3c2CCCC3)N(c2ccc(F)cc2)C2CCC(F)=CC12. The summed E-state index contributed by atoms with van der Waals surface area (Å²) in [6, 6.07) is 9.21. The molecular formula is C30H37F2N3. The van der Waals surface area contributed by atoms with E-state index in [1.807, 2.05) is 24.4 Å². The molecule has 2 atom stereocenters. The van der Waals surface area contributed by atoms with Gasteiger partial charge in [-0.05, 0) is 111 Å². The van der Waals surface area contributed by atoms with Gasteiger partial charge in [-0.1, -0.05) is 6.92 Å². The second-order valence-electron chi connectivity index (χ2n) is 10.1. The summed E-state index contributed by atoms with van der Waals surface area (Å²) in [5, 5.41) is 3.65. The van der Waals surface area contributed by atoms with Gasteiger partial charge in [0.25, 0.3) is 0 Å². The number of allylic oxidation sites excluding steroid dienone is 1. The fraction of sp³-hybridized carbons (Fsp3) is 0.500. The Morgan fingerprint density at radius 1 is 1.00 bits per heavy atom. The van der Waals surface area contributed by atoms with Crippen LogP contribution in [-0.4, -0.2) is 24.1 Å². The van der Waals surface area contributed by atoms with Gasteiger partial charge >= 0.3 is 0 Å². The van der Waals surface area contributed by atoms with Gasteiger partial charge in [-0.25, -0.2) is 8.78 Å². The summed E-state index contributed by atoms with van der Waals surface area (Å²) >= 11 is 0. The Bertz CT molecular complexity index is 1090. The maximum Gasteiger partial charge on any atom is 0.123 e. The van der Waals surface area contributed by atoms with Crippen molar-refractivity contribution in [1.29, 1.82) is 0 Å². The number of benzene rings is 1. The smallest absolute Gasteiger partial charge is 0.123 e. The van der Waals surface area contributed by atoms with Crippen molar-refractivity contribution in [3.8, 4) is 0 Å². The lowest BCUT2D eigenvalue weighted by Crippen LogP contribution is -2.36. The van der Waals surface area contributed by atoms with E-state index in [9.17, 15) is 8.78 Å². The largest absolute Gasteiger partial charge is 0.341 e. The number of nitrogens with one attached hydrogen (secondary N) is 1. The van der Waals surface area contributed by atoms with Crippen LogP contribution in [0.4, 0.5) is 14.5 Å². The molecule has 0 bridgehead atoms. The number of aryl methyl sites for hydroxylation is 2. The lowest BCUT2D eigenvalue weighted by Gasteiger charge is -2.34. The molecule has 0 fully saturated rings. The Kier molecular flexibility index (Phi) is 7.62. The first kappa shape index (κ1) is 24.2. The minimum absolute atomic E-state index is 0.00827. The Hall–Kier alpha value is -2.53. The van der Waals surface area contributed by atoms with Crippen LogP contribution in [0.25, 0.3) is 0 Å². The van der Waals surface area contributed by atoms with Crippen LogP contribution >= 0.6 is 0 Å². The van der Waals surface area contributed by atoms with E-state index in [2.05, 4.69) is 28.2 Å². The molecule has 2 aliphatic carbocycles. The van der Waals surface area contributed by atoms with Crippen LogP contribution in [0.15, 0.2) is 59.7 Å². The molecule has 2 heterocycles. The second-order valence-corrected chi connectivity index (χ2v) is 10.1. The van der Waals surface area contributed by atoms with Crippen LogP contribution in [0, 0.1) is 11.7 Å². The van der Waals surface area contributed by atoms with Crippen LogP contribution in [0.1, 0.15) is 68.7 Å². The van der Waals surface area contributed by atoms with E-state index in [0.29, 0.717) is 6.42 Å². The van der Waals surface area contributed by atoms with Crippen molar-refractivity contribution < 1.29 is 8.78 Å². The molecule has 3 aliphatic rings. The summed E-state index contributed by atoms with van der Waals surface area (Å²) < 4.78 is 27.9. The van der Waals surface area contributed by atoms with Crippen molar-refractivity contribution in [3.05, 3.63) is 82.3 Å². The molecule has 0 radical (unpaired) electrons. The number of hydrogen-bond acceptors (Lipinski definition) is 3. The van der Waals surface area contributed by atoms with Crippen molar-refractivity contribution in [1.82, 2.24) is 10.3 Å². The number of halogens is 2.